The highest BCUT2D eigenvalue weighted by atomic mass is 19.2. The van der Waals surface area contributed by atoms with Gasteiger partial charge in [0.1, 0.15) is 0 Å². The van der Waals surface area contributed by atoms with Crippen molar-refractivity contribution in [2.24, 2.45) is 5.92 Å². The molecular weight excluding hydrogens is 292 g/mol. The first-order valence-corrected chi connectivity index (χ1v) is 8.35. The van der Waals surface area contributed by atoms with Crippen LogP contribution in [0.5, 0.6) is 0 Å². The Bertz CT molecular complexity index is 742. The molecule has 0 heterocycles. The first kappa shape index (κ1) is 14.7. The molecule has 1 nitrogen and oxygen atoms in total. The van der Waals surface area contributed by atoms with E-state index in [1.165, 1.54) is 36.1 Å². The van der Waals surface area contributed by atoms with Gasteiger partial charge >= 0.3 is 0 Å². The second-order valence-electron chi connectivity index (χ2n) is 7.17. The number of aryl methyl sites for hydroxylation is 1. The van der Waals surface area contributed by atoms with Gasteiger partial charge in [-0.2, -0.15) is 0 Å². The third kappa shape index (κ3) is 2.62. The van der Waals surface area contributed by atoms with E-state index in [2.05, 4.69) is 36.5 Å². The zero-order valence-electron chi connectivity index (χ0n) is 13.3. The molecule has 1 N–H and O–H groups in total. The fourth-order valence-electron chi connectivity index (χ4n) is 4.29. The van der Waals surface area contributed by atoms with E-state index in [1.807, 2.05) is 0 Å². The lowest BCUT2D eigenvalue weighted by atomic mass is 9.80. The molecule has 0 saturated heterocycles. The topological polar surface area (TPSA) is 12.0 Å². The average molecular weight is 313 g/mol. The number of hydrogen-bond acceptors (Lipinski definition) is 1. The predicted molar refractivity (Wildman–Crippen MR) is 88.6 cm³/mol. The smallest absolute Gasteiger partial charge is 0.160 e. The lowest BCUT2D eigenvalue weighted by Gasteiger charge is -2.30. The fourth-order valence-corrected chi connectivity index (χ4v) is 4.29. The molecule has 0 radical (unpaired) electrons. The standard InChI is InChI=1S/C20H21F2N/c1-13-3-2-4-14(9-13)20-8-7-17(10-15(20)12-20)23-16-5-6-18(21)19(22)11-16/h2-6,9,11,15,17,23H,7-8,10,12H2,1H3. The number of nitrogens with one attached hydrogen (secondary N) is 1. The number of halogens is 2. The highest BCUT2D eigenvalue weighted by Crippen LogP contribution is 2.62. The molecule has 2 aromatic rings. The third-order valence-electron chi connectivity index (χ3n) is 5.62. The minimum Gasteiger partial charge on any atom is -0.382 e. The fraction of sp³-hybridized carbons (Fsp3) is 0.400. The second kappa shape index (κ2) is 5.33. The van der Waals surface area contributed by atoms with Gasteiger partial charge in [-0.25, -0.2) is 8.78 Å². The van der Waals surface area contributed by atoms with E-state index < -0.39 is 11.6 Å². The molecule has 0 amide bonds. The predicted octanol–water partition coefficient (Wildman–Crippen LogP) is 5.20. The molecule has 0 aliphatic heterocycles. The molecular formula is C20H21F2N. The van der Waals surface area contributed by atoms with Crippen molar-refractivity contribution in [1.82, 2.24) is 0 Å². The Morgan fingerprint density at radius 3 is 2.70 bits per heavy atom. The van der Waals surface area contributed by atoms with Crippen molar-refractivity contribution in [1.29, 1.82) is 0 Å². The van der Waals surface area contributed by atoms with Crippen molar-refractivity contribution in [2.45, 2.75) is 44.1 Å². The summed E-state index contributed by atoms with van der Waals surface area (Å²) in [6.45, 7) is 2.15. The SMILES string of the molecule is Cc1cccc(C23CCC(Nc4ccc(F)c(F)c4)CC2C3)c1. The van der Waals surface area contributed by atoms with E-state index in [9.17, 15) is 8.78 Å². The number of anilines is 1. The van der Waals surface area contributed by atoms with E-state index in [0.29, 0.717) is 23.1 Å². The molecule has 2 aliphatic carbocycles. The first-order chi connectivity index (χ1) is 11.1. The number of rotatable bonds is 3. The van der Waals surface area contributed by atoms with Crippen LogP contribution in [-0.4, -0.2) is 6.04 Å². The van der Waals surface area contributed by atoms with Crippen LogP contribution in [0.3, 0.4) is 0 Å². The Hall–Kier alpha value is -1.90. The molecule has 120 valence electrons. The summed E-state index contributed by atoms with van der Waals surface area (Å²) in [5.74, 6) is -0.868. The third-order valence-corrected chi connectivity index (χ3v) is 5.62. The number of fused-ring (bicyclic) bond motifs is 1. The van der Waals surface area contributed by atoms with Gasteiger partial charge < -0.3 is 5.32 Å². The van der Waals surface area contributed by atoms with E-state index >= 15 is 0 Å². The zero-order chi connectivity index (χ0) is 16.0. The molecule has 0 aromatic heterocycles. The molecule has 2 aromatic carbocycles. The summed E-state index contributed by atoms with van der Waals surface area (Å²) in [6, 6.07) is 13.3. The number of benzene rings is 2. The Balaban J connectivity index is 1.44. The van der Waals surface area contributed by atoms with Crippen LogP contribution < -0.4 is 5.32 Å². The van der Waals surface area contributed by atoms with Crippen LogP contribution in [0, 0.1) is 24.5 Å². The maximum Gasteiger partial charge on any atom is 0.160 e. The Morgan fingerprint density at radius 1 is 1.09 bits per heavy atom. The number of hydrogen-bond donors (Lipinski definition) is 1. The summed E-state index contributed by atoms with van der Waals surface area (Å²) in [5, 5.41) is 3.38. The summed E-state index contributed by atoms with van der Waals surface area (Å²) < 4.78 is 26.3. The summed E-state index contributed by atoms with van der Waals surface area (Å²) in [4.78, 5) is 0. The van der Waals surface area contributed by atoms with Crippen LogP contribution in [0.1, 0.15) is 36.8 Å². The quantitative estimate of drug-likeness (QED) is 0.821. The molecule has 2 aliphatic rings. The van der Waals surface area contributed by atoms with Gasteiger partial charge in [-0.1, -0.05) is 29.8 Å². The van der Waals surface area contributed by atoms with Crippen LogP contribution in [0.15, 0.2) is 42.5 Å². The molecule has 0 bridgehead atoms. The molecule has 2 fully saturated rings. The molecule has 23 heavy (non-hydrogen) atoms. The molecule has 3 atom stereocenters. The van der Waals surface area contributed by atoms with Crippen molar-refractivity contribution in [2.75, 3.05) is 5.32 Å². The maximum atomic E-state index is 13.3. The van der Waals surface area contributed by atoms with E-state index in [-0.39, 0.29) is 0 Å². The monoisotopic (exact) mass is 313 g/mol. The maximum absolute atomic E-state index is 13.3. The van der Waals surface area contributed by atoms with Crippen molar-refractivity contribution in [3.63, 3.8) is 0 Å². The van der Waals surface area contributed by atoms with Crippen LogP contribution in [-0.2, 0) is 5.41 Å². The van der Waals surface area contributed by atoms with Crippen molar-refractivity contribution in [3.05, 3.63) is 65.2 Å². The van der Waals surface area contributed by atoms with Gasteiger partial charge in [0.05, 0.1) is 0 Å². The van der Waals surface area contributed by atoms with Crippen LogP contribution in [0.2, 0.25) is 0 Å². The summed E-state index contributed by atoms with van der Waals surface area (Å²) in [7, 11) is 0. The first-order valence-electron chi connectivity index (χ1n) is 8.35. The van der Waals surface area contributed by atoms with Gasteiger partial charge in [0.25, 0.3) is 0 Å². The van der Waals surface area contributed by atoms with Crippen molar-refractivity contribution < 1.29 is 8.78 Å². The van der Waals surface area contributed by atoms with Gasteiger partial charge in [-0.15, -0.1) is 0 Å². The largest absolute Gasteiger partial charge is 0.382 e. The highest BCUT2D eigenvalue weighted by molar-refractivity contribution is 5.45. The molecule has 3 unspecified atom stereocenters. The van der Waals surface area contributed by atoms with Gasteiger partial charge in [0, 0.05) is 17.8 Å². The summed E-state index contributed by atoms with van der Waals surface area (Å²) >= 11 is 0. The van der Waals surface area contributed by atoms with Crippen LogP contribution in [0.4, 0.5) is 14.5 Å². The van der Waals surface area contributed by atoms with Gasteiger partial charge in [-0.3, -0.25) is 0 Å². The zero-order valence-corrected chi connectivity index (χ0v) is 13.3. The minimum absolute atomic E-state index is 0.352. The Morgan fingerprint density at radius 2 is 1.96 bits per heavy atom. The van der Waals surface area contributed by atoms with Crippen molar-refractivity contribution in [3.8, 4) is 0 Å². The molecule has 4 rings (SSSR count). The van der Waals surface area contributed by atoms with E-state index in [4.69, 9.17) is 0 Å². The van der Waals surface area contributed by atoms with E-state index in [0.717, 1.165) is 12.8 Å². The van der Waals surface area contributed by atoms with Gasteiger partial charge in [0.2, 0.25) is 0 Å². The van der Waals surface area contributed by atoms with Gasteiger partial charge in [0.15, 0.2) is 11.6 Å². The minimum atomic E-state index is -0.792. The normalized spacial score (nSPS) is 29.0. The molecule has 2 saturated carbocycles. The lowest BCUT2D eigenvalue weighted by Crippen LogP contribution is -2.29. The van der Waals surface area contributed by atoms with Crippen LogP contribution >= 0.6 is 0 Å². The second-order valence-corrected chi connectivity index (χ2v) is 7.17. The Labute approximate surface area is 135 Å². The van der Waals surface area contributed by atoms with E-state index in [1.54, 1.807) is 6.07 Å². The summed E-state index contributed by atoms with van der Waals surface area (Å²) in [6.07, 6.45) is 4.60. The van der Waals surface area contributed by atoms with Gasteiger partial charge in [-0.05, 0) is 61.6 Å². The average Bonchev–Trinajstić information content (AvgIpc) is 3.26. The summed E-state index contributed by atoms with van der Waals surface area (Å²) in [5.41, 5.74) is 3.86. The lowest BCUT2D eigenvalue weighted by molar-refractivity contribution is 0.399. The Kier molecular flexibility index (Phi) is 3.40. The molecule has 0 spiro atoms. The highest BCUT2D eigenvalue weighted by Gasteiger charge is 2.57. The van der Waals surface area contributed by atoms with Crippen molar-refractivity contribution >= 4 is 5.69 Å². The molecule has 3 heteroatoms. The van der Waals surface area contributed by atoms with Crippen LogP contribution in [0.25, 0.3) is 0 Å².